The van der Waals surface area contributed by atoms with E-state index in [-0.39, 0.29) is 22.2 Å². The molecule has 1 atom stereocenters. The van der Waals surface area contributed by atoms with Crippen LogP contribution in [0, 0.1) is 0 Å². The summed E-state index contributed by atoms with van der Waals surface area (Å²) >= 11 is 1.11. The molecule has 3 heterocycles. The minimum absolute atomic E-state index is 0.161. The molecule has 2 aromatic heterocycles. The maximum Gasteiger partial charge on any atom is 0.286 e. The number of benzene rings is 1. The number of hydrogen-bond donors (Lipinski definition) is 2. The van der Waals surface area contributed by atoms with Crippen LogP contribution in [0.5, 0.6) is 0 Å². The molecule has 2 amide bonds. The molecule has 4 rings (SSSR count). The van der Waals surface area contributed by atoms with E-state index in [4.69, 9.17) is 10.2 Å². The van der Waals surface area contributed by atoms with Crippen molar-refractivity contribution >= 4 is 49.8 Å². The van der Waals surface area contributed by atoms with Crippen LogP contribution >= 0.6 is 11.3 Å². The fraction of sp³-hybridized carbons (Fsp3) is 0.222. The monoisotopic (exact) mass is 419 g/mol. The summed E-state index contributed by atoms with van der Waals surface area (Å²) < 4.78 is 32.6. The number of furan rings is 1. The summed E-state index contributed by atoms with van der Waals surface area (Å²) in [6.45, 7) is 0.257. The number of sulfonamides is 1. The van der Waals surface area contributed by atoms with Gasteiger partial charge in [-0.3, -0.25) is 9.59 Å². The Morgan fingerprint density at radius 2 is 2.00 bits per heavy atom. The first-order valence-electron chi connectivity index (χ1n) is 8.57. The molecule has 8 nitrogen and oxygen atoms in total. The Hall–Kier alpha value is -2.69. The van der Waals surface area contributed by atoms with Crippen molar-refractivity contribution in [3.05, 3.63) is 47.5 Å². The van der Waals surface area contributed by atoms with E-state index in [0.717, 1.165) is 11.3 Å². The number of nitrogens with zero attached hydrogens (tertiary/aromatic N) is 1. The van der Waals surface area contributed by atoms with E-state index in [1.165, 1.54) is 10.4 Å². The van der Waals surface area contributed by atoms with Gasteiger partial charge >= 0.3 is 0 Å². The molecule has 146 valence electrons. The summed E-state index contributed by atoms with van der Waals surface area (Å²) in [6.07, 6.45) is 0.954. The molecule has 1 saturated heterocycles. The first kappa shape index (κ1) is 18.7. The summed E-state index contributed by atoms with van der Waals surface area (Å²) in [5, 5.41) is 4.87. The smallest absolute Gasteiger partial charge is 0.286 e. The van der Waals surface area contributed by atoms with E-state index in [9.17, 15) is 18.0 Å². The minimum atomic E-state index is -3.76. The number of nitrogens with two attached hydrogens (primary N) is 1. The van der Waals surface area contributed by atoms with Crippen molar-refractivity contribution in [3.8, 4) is 0 Å². The van der Waals surface area contributed by atoms with Gasteiger partial charge in [0.15, 0.2) is 0 Å². The Morgan fingerprint density at radius 3 is 2.71 bits per heavy atom. The second kappa shape index (κ2) is 7.04. The molecule has 1 fully saturated rings. The second-order valence-electron chi connectivity index (χ2n) is 6.36. The number of para-hydroxylation sites is 1. The Bertz CT molecular complexity index is 1150. The first-order chi connectivity index (χ1) is 13.4. The van der Waals surface area contributed by atoms with Crippen molar-refractivity contribution in [2.75, 3.05) is 11.9 Å². The van der Waals surface area contributed by atoms with E-state index in [1.54, 1.807) is 35.7 Å². The van der Waals surface area contributed by atoms with Gasteiger partial charge in [0.25, 0.3) is 15.9 Å². The lowest BCUT2D eigenvalue weighted by atomic mass is 10.2. The maximum absolute atomic E-state index is 13.0. The third-order valence-corrected chi connectivity index (χ3v) is 7.91. The number of fused-ring (bicyclic) bond motifs is 1. The highest BCUT2D eigenvalue weighted by Crippen LogP contribution is 2.33. The summed E-state index contributed by atoms with van der Waals surface area (Å²) in [7, 11) is -3.76. The van der Waals surface area contributed by atoms with Gasteiger partial charge in [0.05, 0.1) is 0 Å². The Kier molecular flexibility index (Phi) is 4.69. The summed E-state index contributed by atoms with van der Waals surface area (Å²) in [5.41, 5.74) is 5.94. The van der Waals surface area contributed by atoms with Crippen molar-refractivity contribution in [2.24, 2.45) is 5.73 Å². The highest BCUT2D eigenvalue weighted by atomic mass is 32.2. The molecule has 0 radical (unpaired) electrons. The predicted molar refractivity (Wildman–Crippen MR) is 105 cm³/mol. The first-order valence-corrected chi connectivity index (χ1v) is 10.9. The molecule has 0 unspecified atom stereocenters. The van der Waals surface area contributed by atoms with Crippen molar-refractivity contribution in [2.45, 2.75) is 23.1 Å². The van der Waals surface area contributed by atoms with Gasteiger partial charge in [0.2, 0.25) is 11.7 Å². The average Bonchev–Trinajstić information content (AvgIpc) is 3.41. The molecule has 28 heavy (non-hydrogen) atoms. The third-order valence-electron chi connectivity index (χ3n) is 4.63. The lowest BCUT2D eigenvalue weighted by Gasteiger charge is -2.22. The molecule has 1 aliphatic rings. The quantitative estimate of drug-likeness (QED) is 0.657. The van der Waals surface area contributed by atoms with Gasteiger partial charge in [0, 0.05) is 11.9 Å². The minimum Gasteiger partial charge on any atom is -0.449 e. The molecule has 3 N–H and O–H groups in total. The standard InChI is InChI=1S/C18H17N3O5S2/c19-17(22)16-15(11-5-1-2-7-13(11)26-16)20-18(23)12-6-3-9-21(12)28(24,25)14-8-4-10-27-14/h1-2,4-5,7-8,10,12H,3,6,9H2,(H2,19,22)(H,20,23)/t12-/m1/s1. The van der Waals surface area contributed by atoms with Gasteiger partial charge < -0.3 is 15.5 Å². The van der Waals surface area contributed by atoms with Crippen LogP contribution < -0.4 is 11.1 Å². The van der Waals surface area contributed by atoms with Crippen LogP contribution in [0.25, 0.3) is 11.0 Å². The van der Waals surface area contributed by atoms with Crippen LogP contribution in [-0.2, 0) is 14.8 Å². The van der Waals surface area contributed by atoms with E-state index >= 15 is 0 Å². The number of anilines is 1. The number of thiophene rings is 1. The summed E-state index contributed by atoms with van der Waals surface area (Å²) in [6, 6.07) is 9.11. The van der Waals surface area contributed by atoms with E-state index in [2.05, 4.69) is 5.32 Å². The highest BCUT2D eigenvalue weighted by molar-refractivity contribution is 7.91. The number of nitrogens with one attached hydrogen (secondary N) is 1. The molecule has 1 aliphatic heterocycles. The van der Waals surface area contributed by atoms with Crippen LogP contribution in [0.1, 0.15) is 23.4 Å². The zero-order valence-corrected chi connectivity index (χ0v) is 16.3. The van der Waals surface area contributed by atoms with E-state index in [1.807, 2.05) is 0 Å². The van der Waals surface area contributed by atoms with Crippen LogP contribution in [-0.4, -0.2) is 37.1 Å². The molecule has 0 aliphatic carbocycles. The molecule has 0 spiro atoms. The Balaban J connectivity index is 1.66. The van der Waals surface area contributed by atoms with E-state index in [0.29, 0.717) is 23.8 Å². The lowest BCUT2D eigenvalue weighted by molar-refractivity contribution is -0.119. The molecule has 3 aromatic rings. The third kappa shape index (κ3) is 3.09. The summed E-state index contributed by atoms with van der Waals surface area (Å²) in [4.78, 5) is 24.7. The number of hydrogen-bond acceptors (Lipinski definition) is 6. The largest absolute Gasteiger partial charge is 0.449 e. The zero-order valence-electron chi connectivity index (χ0n) is 14.6. The molecular formula is C18H17N3O5S2. The highest BCUT2D eigenvalue weighted by Gasteiger charge is 2.40. The van der Waals surface area contributed by atoms with Gasteiger partial charge in [-0.05, 0) is 36.4 Å². The average molecular weight is 419 g/mol. The molecule has 0 bridgehead atoms. The number of rotatable bonds is 5. The van der Waals surface area contributed by atoms with Gasteiger partial charge in [0.1, 0.15) is 21.5 Å². The van der Waals surface area contributed by atoms with Crippen molar-refractivity contribution in [3.63, 3.8) is 0 Å². The lowest BCUT2D eigenvalue weighted by Crippen LogP contribution is -2.43. The number of carbonyl (C=O) groups is 2. The van der Waals surface area contributed by atoms with Crippen LogP contribution in [0.3, 0.4) is 0 Å². The van der Waals surface area contributed by atoms with Crippen molar-refractivity contribution in [1.29, 1.82) is 0 Å². The van der Waals surface area contributed by atoms with Crippen molar-refractivity contribution < 1.29 is 22.4 Å². The molecule has 0 saturated carbocycles. The van der Waals surface area contributed by atoms with Crippen LogP contribution in [0.4, 0.5) is 5.69 Å². The molecule has 1 aromatic carbocycles. The van der Waals surface area contributed by atoms with Crippen LogP contribution in [0.15, 0.2) is 50.4 Å². The number of carbonyl (C=O) groups excluding carboxylic acids is 2. The number of amides is 2. The Labute approximate surface area is 165 Å². The van der Waals surface area contributed by atoms with Gasteiger partial charge in [-0.25, -0.2) is 8.42 Å². The predicted octanol–water partition coefficient (Wildman–Crippen LogP) is 2.39. The SMILES string of the molecule is NC(=O)c1oc2ccccc2c1NC(=O)[C@H]1CCCN1S(=O)(=O)c1cccs1. The van der Waals surface area contributed by atoms with Crippen LogP contribution in [0.2, 0.25) is 0 Å². The number of primary amides is 1. The molecule has 10 heteroatoms. The van der Waals surface area contributed by atoms with Gasteiger partial charge in [-0.1, -0.05) is 18.2 Å². The topological polar surface area (TPSA) is 123 Å². The second-order valence-corrected chi connectivity index (χ2v) is 9.43. The van der Waals surface area contributed by atoms with Gasteiger partial charge in [-0.15, -0.1) is 11.3 Å². The fourth-order valence-corrected chi connectivity index (χ4v) is 6.14. The maximum atomic E-state index is 13.0. The molecular weight excluding hydrogens is 402 g/mol. The normalized spacial score (nSPS) is 17.8. The fourth-order valence-electron chi connectivity index (χ4n) is 3.37. The zero-order chi connectivity index (χ0) is 19.9. The van der Waals surface area contributed by atoms with E-state index < -0.39 is 27.9 Å². The van der Waals surface area contributed by atoms with Crippen molar-refractivity contribution in [1.82, 2.24) is 4.31 Å². The Morgan fingerprint density at radius 1 is 1.21 bits per heavy atom. The summed E-state index contributed by atoms with van der Waals surface area (Å²) in [5.74, 6) is -1.51. The van der Waals surface area contributed by atoms with Gasteiger partial charge in [-0.2, -0.15) is 4.31 Å².